The molecule has 4 rings (SSSR count). The van der Waals surface area contributed by atoms with Crippen LogP contribution in [0.4, 0.5) is 14.6 Å². The van der Waals surface area contributed by atoms with E-state index in [1.807, 2.05) is 0 Å². The van der Waals surface area contributed by atoms with Gasteiger partial charge in [-0.1, -0.05) is 6.07 Å². The summed E-state index contributed by atoms with van der Waals surface area (Å²) in [6.07, 6.45) is -1.12. The first-order valence-corrected chi connectivity index (χ1v) is 8.77. The highest BCUT2D eigenvalue weighted by Crippen LogP contribution is 2.38. The third-order valence-corrected chi connectivity index (χ3v) is 5.37. The molecule has 4 aromatic rings. The van der Waals surface area contributed by atoms with Crippen molar-refractivity contribution in [3.8, 4) is 11.6 Å². The summed E-state index contributed by atoms with van der Waals surface area (Å²) in [5.41, 5.74) is 5.17. The number of aliphatic hydroxyl groups is 1. The molecule has 0 saturated carbocycles. The van der Waals surface area contributed by atoms with Crippen molar-refractivity contribution in [3.63, 3.8) is 0 Å². The van der Waals surface area contributed by atoms with Gasteiger partial charge in [0.05, 0.1) is 11.1 Å². The zero-order valence-corrected chi connectivity index (χ0v) is 14.9. The quantitative estimate of drug-likeness (QED) is 0.546. The normalized spacial score (nSPS) is 14.0. The fraction of sp³-hybridized carbons (Fsp3) is 0.167. The molecule has 6 nitrogen and oxygen atoms in total. The summed E-state index contributed by atoms with van der Waals surface area (Å²) >= 11 is 1.22. The van der Waals surface area contributed by atoms with Gasteiger partial charge in [-0.25, -0.2) is 18.7 Å². The molecule has 4 heterocycles. The van der Waals surface area contributed by atoms with Gasteiger partial charge in [-0.3, -0.25) is 4.98 Å². The Hall–Kier alpha value is -2.91. The van der Waals surface area contributed by atoms with E-state index >= 15 is 0 Å². The number of hydrogen-bond acceptors (Lipinski definition) is 7. The van der Waals surface area contributed by atoms with E-state index < -0.39 is 17.8 Å². The van der Waals surface area contributed by atoms with Gasteiger partial charge in [0, 0.05) is 11.1 Å². The van der Waals surface area contributed by atoms with Crippen LogP contribution in [-0.4, -0.2) is 20.1 Å². The van der Waals surface area contributed by atoms with Crippen molar-refractivity contribution >= 4 is 27.4 Å². The Morgan fingerprint density at radius 3 is 2.70 bits per heavy atom. The standard InChI is InChI=1S/C18H14F2N4O2S/c1-18(25,12-4-2-3-7-22-12)13-8-9-15(21)23-16(24-17(9)27-13)11-6-5-10(26-11)14(19)20/h2-8,14,25H,1H3,(H2,21,23,24). The predicted molar refractivity (Wildman–Crippen MR) is 97.4 cm³/mol. The second kappa shape index (κ2) is 6.36. The fourth-order valence-electron chi connectivity index (χ4n) is 2.66. The third kappa shape index (κ3) is 3.04. The molecule has 0 aliphatic heterocycles. The molecule has 0 fully saturated rings. The predicted octanol–water partition coefficient (Wildman–Crippen LogP) is 4.12. The van der Waals surface area contributed by atoms with Crippen LogP contribution in [0.5, 0.6) is 0 Å². The Kier molecular flexibility index (Phi) is 4.12. The first-order valence-electron chi connectivity index (χ1n) is 7.96. The highest BCUT2D eigenvalue weighted by molar-refractivity contribution is 7.18. The van der Waals surface area contributed by atoms with Gasteiger partial charge in [-0.05, 0) is 37.3 Å². The Bertz CT molecular complexity index is 1110. The maximum absolute atomic E-state index is 12.7. The summed E-state index contributed by atoms with van der Waals surface area (Å²) in [5.74, 6) is -0.0790. The summed E-state index contributed by atoms with van der Waals surface area (Å²) in [4.78, 5) is 13.8. The van der Waals surface area contributed by atoms with E-state index in [1.165, 1.54) is 23.5 Å². The molecule has 1 unspecified atom stereocenters. The van der Waals surface area contributed by atoms with Crippen LogP contribution in [0, 0.1) is 0 Å². The molecule has 0 radical (unpaired) electrons. The van der Waals surface area contributed by atoms with Gasteiger partial charge in [0.1, 0.15) is 16.2 Å². The summed E-state index contributed by atoms with van der Waals surface area (Å²) in [5, 5.41) is 11.5. The fourth-order valence-corrected chi connectivity index (χ4v) is 3.75. The van der Waals surface area contributed by atoms with Gasteiger partial charge in [0.15, 0.2) is 17.3 Å². The second-order valence-electron chi connectivity index (χ2n) is 6.05. The lowest BCUT2D eigenvalue weighted by Crippen LogP contribution is -2.22. The minimum Gasteiger partial charge on any atom is -0.452 e. The molecule has 9 heteroatoms. The smallest absolute Gasteiger partial charge is 0.295 e. The van der Waals surface area contributed by atoms with Gasteiger partial charge in [-0.15, -0.1) is 11.3 Å². The van der Waals surface area contributed by atoms with Crippen LogP contribution in [0.1, 0.15) is 29.7 Å². The van der Waals surface area contributed by atoms with Crippen LogP contribution >= 0.6 is 11.3 Å². The number of hydrogen-bond donors (Lipinski definition) is 2. The number of furan rings is 1. The van der Waals surface area contributed by atoms with Gasteiger partial charge in [0.2, 0.25) is 0 Å². The summed E-state index contributed by atoms with van der Waals surface area (Å²) in [6.45, 7) is 1.63. The van der Waals surface area contributed by atoms with Crippen molar-refractivity contribution in [2.24, 2.45) is 0 Å². The van der Waals surface area contributed by atoms with Gasteiger partial charge in [0.25, 0.3) is 6.43 Å². The lowest BCUT2D eigenvalue weighted by molar-refractivity contribution is 0.101. The third-order valence-electron chi connectivity index (χ3n) is 4.13. The number of anilines is 1. The van der Waals surface area contributed by atoms with Crippen LogP contribution in [-0.2, 0) is 5.60 Å². The molecule has 0 aliphatic carbocycles. The van der Waals surface area contributed by atoms with Crippen LogP contribution < -0.4 is 5.73 Å². The van der Waals surface area contributed by atoms with Crippen molar-refractivity contribution in [1.29, 1.82) is 0 Å². The number of halogens is 2. The SMILES string of the molecule is CC(O)(c1ccccn1)c1cc2c(N)nc(-c3ccc(C(F)F)o3)nc2s1. The Morgan fingerprint density at radius 2 is 2.04 bits per heavy atom. The zero-order chi connectivity index (χ0) is 19.2. The maximum Gasteiger partial charge on any atom is 0.295 e. The number of nitrogens with zero attached hydrogens (tertiary/aromatic N) is 3. The van der Waals surface area contributed by atoms with Crippen molar-refractivity contribution in [1.82, 2.24) is 15.0 Å². The second-order valence-corrected chi connectivity index (χ2v) is 7.08. The Balaban J connectivity index is 1.80. The molecule has 0 aliphatic rings. The van der Waals surface area contributed by atoms with Crippen molar-refractivity contribution in [2.75, 3.05) is 5.73 Å². The molecular formula is C18H14F2N4O2S. The number of alkyl halides is 2. The summed E-state index contributed by atoms with van der Waals surface area (Å²) in [6, 6.07) is 9.53. The van der Waals surface area contributed by atoms with Crippen molar-refractivity contribution < 1.29 is 18.3 Å². The molecule has 0 amide bonds. The molecule has 27 heavy (non-hydrogen) atoms. The maximum atomic E-state index is 12.7. The highest BCUT2D eigenvalue weighted by Gasteiger charge is 2.30. The number of aromatic nitrogens is 3. The highest BCUT2D eigenvalue weighted by atomic mass is 32.1. The van der Waals surface area contributed by atoms with E-state index in [2.05, 4.69) is 15.0 Å². The van der Waals surface area contributed by atoms with Gasteiger partial charge < -0.3 is 15.3 Å². The zero-order valence-electron chi connectivity index (χ0n) is 14.1. The first-order chi connectivity index (χ1) is 12.9. The lowest BCUT2D eigenvalue weighted by atomic mass is 9.99. The number of pyridine rings is 1. The Labute approximate surface area is 156 Å². The minimum atomic E-state index is -2.72. The lowest BCUT2D eigenvalue weighted by Gasteiger charge is -2.20. The molecule has 0 aromatic carbocycles. The molecule has 0 spiro atoms. The molecule has 1 atom stereocenters. The van der Waals surface area contributed by atoms with Crippen LogP contribution in [0.3, 0.4) is 0 Å². The number of nitrogens with two attached hydrogens (primary N) is 1. The van der Waals surface area contributed by atoms with E-state index in [0.29, 0.717) is 20.8 Å². The monoisotopic (exact) mass is 388 g/mol. The Morgan fingerprint density at radius 1 is 1.22 bits per heavy atom. The number of rotatable bonds is 4. The average Bonchev–Trinajstić information content (AvgIpc) is 3.30. The molecule has 0 bridgehead atoms. The minimum absolute atomic E-state index is 0.102. The van der Waals surface area contributed by atoms with Crippen molar-refractivity contribution in [2.45, 2.75) is 19.0 Å². The van der Waals surface area contributed by atoms with E-state index in [1.54, 1.807) is 37.4 Å². The van der Waals surface area contributed by atoms with E-state index in [-0.39, 0.29) is 17.4 Å². The topological polar surface area (TPSA) is 98.1 Å². The van der Waals surface area contributed by atoms with Gasteiger partial charge in [-0.2, -0.15) is 0 Å². The van der Waals surface area contributed by atoms with E-state index in [0.717, 1.165) is 0 Å². The number of nitrogen functional groups attached to an aromatic ring is 1. The molecule has 138 valence electrons. The van der Waals surface area contributed by atoms with Crippen molar-refractivity contribution in [3.05, 3.63) is 58.9 Å². The van der Waals surface area contributed by atoms with E-state index in [9.17, 15) is 13.9 Å². The van der Waals surface area contributed by atoms with Gasteiger partial charge >= 0.3 is 0 Å². The van der Waals surface area contributed by atoms with Crippen LogP contribution in [0.2, 0.25) is 0 Å². The van der Waals surface area contributed by atoms with Crippen LogP contribution in [0.15, 0.2) is 47.0 Å². The number of thiophene rings is 1. The molecule has 4 aromatic heterocycles. The number of fused-ring (bicyclic) bond motifs is 1. The molecule has 0 saturated heterocycles. The summed E-state index contributed by atoms with van der Waals surface area (Å²) in [7, 11) is 0. The largest absolute Gasteiger partial charge is 0.452 e. The first kappa shape index (κ1) is 17.5. The van der Waals surface area contributed by atoms with Crippen LogP contribution in [0.25, 0.3) is 21.8 Å². The summed E-state index contributed by atoms with van der Waals surface area (Å²) < 4.78 is 30.6. The molecule has 3 N–H and O–H groups in total. The average molecular weight is 388 g/mol. The van der Waals surface area contributed by atoms with E-state index in [4.69, 9.17) is 10.2 Å². The molecular weight excluding hydrogens is 374 g/mol.